The van der Waals surface area contributed by atoms with Crippen LogP contribution in [0.5, 0.6) is 0 Å². The number of hydrogen-bond donors (Lipinski definition) is 1. The van der Waals surface area contributed by atoms with Gasteiger partial charge in [0.15, 0.2) is 0 Å². The third kappa shape index (κ3) is 5.48. The Bertz CT molecular complexity index is 662. The van der Waals surface area contributed by atoms with Gasteiger partial charge in [-0.1, -0.05) is 36.4 Å². The number of hydrogen-bond acceptors (Lipinski definition) is 5. The van der Waals surface area contributed by atoms with E-state index in [-0.39, 0.29) is 19.1 Å². The van der Waals surface area contributed by atoms with Gasteiger partial charge in [-0.15, -0.1) is 0 Å². The minimum Gasteiger partial charge on any atom is -0.459 e. The molecule has 2 N–H and O–H groups in total. The van der Waals surface area contributed by atoms with Gasteiger partial charge in [0, 0.05) is 19.4 Å². The summed E-state index contributed by atoms with van der Waals surface area (Å²) in [6.07, 6.45) is 3.70. The lowest BCUT2D eigenvalue weighted by atomic mass is 10.1. The van der Waals surface area contributed by atoms with Crippen LogP contribution in [-0.2, 0) is 27.4 Å². The Morgan fingerprint density at radius 1 is 1.17 bits per heavy atom. The van der Waals surface area contributed by atoms with Gasteiger partial charge in [0.25, 0.3) is 0 Å². The average Bonchev–Trinajstić information content (AvgIpc) is 2.61. The monoisotopic (exact) mass is 327 g/mol. The molecule has 0 spiro atoms. The summed E-state index contributed by atoms with van der Waals surface area (Å²) in [6, 6.07) is 12.3. The first-order chi connectivity index (χ1) is 11.6. The Morgan fingerprint density at radius 3 is 2.54 bits per heavy atom. The van der Waals surface area contributed by atoms with Crippen molar-refractivity contribution in [1.29, 1.82) is 0 Å². The zero-order chi connectivity index (χ0) is 17.4. The van der Waals surface area contributed by atoms with E-state index >= 15 is 0 Å². The first-order valence-corrected chi connectivity index (χ1v) is 7.65. The number of esters is 1. The lowest BCUT2D eigenvalue weighted by Crippen LogP contribution is -2.45. The Balaban J connectivity index is 1.78. The lowest BCUT2D eigenvalue weighted by Gasteiger charge is -2.20. The molecule has 6 nitrogen and oxygen atoms in total. The highest BCUT2D eigenvalue weighted by Gasteiger charge is 2.21. The zero-order valence-electron chi connectivity index (χ0n) is 13.6. The van der Waals surface area contributed by atoms with Crippen LogP contribution in [0.1, 0.15) is 11.1 Å². The molecule has 1 aromatic heterocycles. The first kappa shape index (κ1) is 17.6. The normalized spacial score (nSPS) is 11.6. The smallest absolute Gasteiger partial charge is 0.325 e. The topological polar surface area (TPSA) is 85.5 Å². The molecule has 1 amide bonds. The average molecular weight is 327 g/mol. The number of ether oxygens (including phenoxy) is 1. The summed E-state index contributed by atoms with van der Waals surface area (Å²) in [6.45, 7) is 0.0514. The second-order valence-electron chi connectivity index (χ2n) is 5.51. The summed E-state index contributed by atoms with van der Waals surface area (Å²) in [5, 5.41) is 0. The molecule has 126 valence electrons. The molecule has 1 heterocycles. The fourth-order valence-corrected chi connectivity index (χ4v) is 2.20. The van der Waals surface area contributed by atoms with E-state index < -0.39 is 12.0 Å². The number of likely N-dealkylation sites (N-methyl/N-ethyl adjacent to an activating group) is 1. The predicted molar refractivity (Wildman–Crippen MR) is 89.8 cm³/mol. The molecule has 6 heteroatoms. The highest BCUT2D eigenvalue weighted by atomic mass is 16.5. The van der Waals surface area contributed by atoms with Crippen LogP contribution in [0.2, 0.25) is 0 Å². The fourth-order valence-electron chi connectivity index (χ4n) is 2.20. The minimum atomic E-state index is -0.721. The van der Waals surface area contributed by atoms with Gasteiger partial charge in [-0.25, -0.2) is 0 Å². The van der Waals surface area contributed by atoms with E-state index in [9.17, 15) is 9.59 Å². The number of carbonyl (C=O) groups excluding carboxylic acids is 2. The molecular formula is C18H21N3O3. The van der Waals surface area contributed by atoms with Crippen molar-refractivity contribution in [3.8, 4) is 0 Å². The van der Waals surface area contributed by atoms with Crippen molar-refractivity contribution in [1.82, 2.24) is 9.88 Å². The summed E-state index contributed by atoms with van der Waals surface area (Å²) in [5.74, 6) is -0.779. The van der Waals surface area contributed by atoms with Gasteiger partial charge in [0.2, 0.25) is 5.91 Å². The van der Waals surface area contributed by atoms with Crippen LogP contribution in [0.4, 0.5) is 0 Å². The van der Waals surface area contributed by atoms with E-state index in [0.29, 0.717) is 6.42 Å². The predicted octanol–water partition coefficient (Wildman–Crippen LogP) is 1.15. The molecule has 0 saturated heterocycles. The van der Waals surface area contributed by atoms with Crippen LogP contribution in [0.25, 0.3) is 0 Å². The van der Waals surface area contributed by atoms with E-state index in [2.05, 4.69) is 4.98 Å². The molecule has 2 aromatic rings. The summed E-state index contributed by atoms with van der Waals surface area (Å²) >= 11 is 0. The lowest BCUT2D eigenvalue weighted by molar-refractivity contribution is -0.149. The number of aromatic nitrogens is 1. The molecule has 0 aliphatic rings. The van der Waals surface area contributed by atoms with Gasteiger partial charge in [-0.2, -0.15) is 0 Å². The molecular weight excluding hydrogens is 306 g/mol. The molecule has 24 heavy (non-hydrogen) atoms. The van der Waals surface area contributed by atoms with E-state index in [0.717, 1.165) is 11.1 Å². The molecule has 1 atom stereocenters. The Morgan fingerprint density at radius 2 is 1.88 bits per heavy atom. The highest BCUT2D eigenvalue weighted by Crippen LogP contribution is 2.04. The number of nitrogens with zero attached hydrogens (tertiary/aromatic N) is 2. The van der Waals surface area contributed by atoms with Crippen LogP contribution in [0.3, 0.4) is 0 Å². The molecule has 0 radical (unpaired) electrons. The van der Waals surface area contributed by atoms with Crippen LogP contribution >= 0.6 is 0 Å². The van der Waals surface area contributed by atoms with Gasteiger partial charge in [-0.3, -0.25) is 14.6 Å². The van der Waals surface area contributed by atoms with Crippen molar-refractivity contribution in [2.24, 2.45) is 5.73 Å². The Labute approximate surface area is 141 Å². The summed E-state index contributed by atoms with van der Waals surface area (Å²) < 4.78 is 5.16. The number of carbonyl (C=O) groups is 2. The number of nitrogens with two attached hydrogens (primary N) is 1. The van der Waals surface area contributed by atoms with Crippen molar-refractivity contribution >= 4 is 11.9 Å². The van der Waals surface area contributed by atoms with Gasteiger partial charge < -0.3 is 15.4 Å². The highest BCUT2D eigenvalue weighted by molar-refractivity contribution is 5.85. The quantitative estimate of drug-likeness (QED) is 0.771. The third-order valence-electron chi connectivity index (χ3n) is 3.48. The molecule has 0 saturated carbocycles. The van der Waals surface area contributed by atoms with E-state index in [1.807, 2.05) is 36.4 Å². The van der Waals surface area contributed by atoms with E-state index in [1.165, 1.54) is 11.9 Å². The van der Waals surface area contributed by atoms with Crippen LogP contribution in [0, 0.1) is 0 Å². The van der Waals surface area contributed by atoms with Crippen molar-refractivity contribution in [2.45, 2.75) is 19.1 Å². The van der Waals surface area contributed by atoms with Crippen molar-refractivity contribution in [3.63, 3.8) is 0 Å². The maximum Gasteiger partial charge on any atom is 0.325 e. The molecule has 0 bridgehead atoms. The molecule has 0 aliphatic heterocycles. The maximum atomic E-state index is 12.2. The van der Waals surface area contributed by atoms with Gasteiger partial charge >= 0.3 is 5.97 Å². The van der Waals surface area contributed by atoms with Crippen LogP contribution < -0.4 is 5.73 Å². The van der Waals surface area contributed by atoms with Gasteiger partial charge in [0.1, 0.15) is 13.2 Å². The Hall–Kier alpha value is -2.73. The second-order valence-corrected chi connectivity index (χ2v) is 5.51. The van der Waals surface area contributed by atoms with Gasteiger partial charge in [-0.05, 0) is 23.6 Å². The number of benzene rings is 1. The SMILES string of the molecule is CN(CC(=O)OCc1ccccc1)C(=O)C(N)Cc1cccnc1. The zero-order valence-corrected chi connectivity index (χ0v) is 13.6. The van der Waals surface area contributed by atoms with Crippen LogP contribution in [-0.4, -0.2) is 41.4 Å². The number of pyridine rings is 1. The minimum absolute atomic E-state index is 0.133. The number of amides is 1. The summed E-state index contributed by atoms with van der Waals surface area (Å²) in [7, 11) is 1.54. The van der Waals surface area contributed by atoms with E-state index in [1.54, 1.807) is 18.5 Å². The molecule has 1 unspecified atom stereocenters. The molecule has 0 aliphatic carbocycles. The van der Waals surface area contributed by atoms with E-state index in [4.69, 9.17) is 10.5 Å². The molecule has 0 fully saturated rings. The van der Waals surface area contributed by atoms with Crippen molar-refractivity contribution < 1.29 is 14.3 Å². The second kappa shape index (κ2) is 8.79. The fraction of sp³-hybridized carbons (Fsp3) is 0.278. The largest absolute Gasteiger partial charge is 0.459 e. The van der Waals surface area contributed by atoms with Crippen molar-refractivity contribution in [3.05, 3.63) is 66.0 Å². The summed E-state index contributed by atoms with van der Waals surface area (Å²) in [5.41, 5.74) is 7.69. The molecule has 1 aromatic carbocycles. The van der Waals surface area contributed by atoms with Crippen LogP contribution in [0.15, 0.2) is 54.9 Å². The standard InChI is InChI=1S/C18H21N3O3/c1-21(12-17(22)24-13-14-6-3-2-4-7-14)18(23)16(19)10-15-8-5-9-20-11-15/h2-9,11,16H,10,12-13,19H2,1H3. The first-order valence-electron chi connectivity index (χ1n) is 7.65. The maximum absolute atomic E-state index is 12.2. The Kier molecular flexibility index (Phi) is 6.45. The number of rotatable bonds is 7. The van der Waals surface area contributed by atoms with Crippen molar-refractivity contribution in [2.75, 3.05) is 13.6 Å². The molecule has 2 rings (SSSR count). The summed E-state index contributed by atoms with van der Waals surface area (Å²) in [4.78, 5) is 29.4. The van der Waals surface area contributed by atoms with Gasteiger partial charge in [0.05, 0.1) is 6.04 Å². The third-order valence-corrected chi connectivity index (χ3v) is 3.48.